The molecule has 1 aliphatic carbocycles. The van der Waals surface area contributed by atoms with Gasteiger partial charge in [-0.15, -0.1) is 0 Å². The van der Waals surface area contributed by atoms with Crippen LogP contribution in [0, 0.1) is 28.6 Å². The summed E-state index contributed by atoms with van der Waals surface area (Å²) in [5, 5.41) is 9.44. The van der Waals surface area contributed by atoms with E-state index in [2.05, 4.69) is 26.8 Å². The number of nitriles is 1. The van der Waals surface area contributed by atoms with Crippen LogP contribution in [0.1, 0.15) is 53.9 Å². The minimum Gasteiger partial charge on any atom is -0.259 e. The second-order valence-electron chi connectivity index (χ2n) is 6.53. The number of hydrogen-bond donors (Lipinski definition) is 0. The smallest absolute Gasteiger partial charge is 0.0668 e. The van der Waals surface area contributed by atoms with E-state index >= 15 is 0 Å². The van der Waals surface area contributed by atoms with Crippen LogP contribution in [-0.2, 0) is 10.8 Å². The van der Waals surface area contributed by atoms with E-state index in [0.717, 1.165) is 19.3 Å². The van der Waals surface area contributed by atoms with Crippen molar-refractivity contribution >= 4 is 10.8 Å². The summed E-state index contributed by atoms with van der Waals surface area (Å²) in [7, 11) is -0.866. The Bertz CT molecular complexity index is 324. The molecule has 1 saturated carbocycles. The lowest BCUT2D eigenvalue weighted by molar-refractivity contribution is 0.167. The summed E-state index contributed by atoms with van der Waals surface area (Å²) in [6.07, 6.45) is 2.97. The molecule has 0 aromatic heterocycles. The van der Waals surface area contributed by atoms with E-state index < -0.39 is 10.8 Å². The van der Waals surface area contributed by atoms with E-state index in [-0.39, 0.29) is 21.8 Å². The Kier molecular flexibility index (Phi) is 4.77. The van der Waals surface area contributed by atoms with Crippen molar-refractivity contribution in [3.8, 4) is 6.07 Å². The van der Waals surface area contributed by atoms with E-state index in [1.165, 1.54) is 0 Å². The van der Waals surface area contributed by atoms with Gasteiger partial charge in [-0.1, -0.05) is 34.6 Å². The average Bonchev–Trinajstić information content (AvgIpc) is 2.25. The van der Waals surface area contributed by atoms with Crippen LogP contribution >= 0.6 is 0 Å². The lowest BCUT2D eigenvalue weighted by Gasteiger charge is -2.39. The molecule has 1 fully saturated rings. The highest BCUT2D eigenvalue weighted by molar-refractivity contribution is 7.86. The molecule has 3 heteroatoms. The molecule has 17 heavy (non-hydrogen) atoms. The lowest BCUT2D eigenvalue weighted by atomic mass is 9.70. The molecular weight excluding hydrogens is 230 g/mol. The second kappa shape index (κ2) is 5.52. The van der Waals surface area contributed by atoms with Gasteiger partial charge in [0.25, 0.3) is 0 Å². The van der Waals surface area contributed by atoms with Gasteiger partial charge in [-0.05, 0) is 30.6 Å². The highest BCUT2D eigenvalue weighted by atomic mass is 32.2. The van der Waals surface area contributed by atoms with Crippen LogP contribution in [0.4, 0.5) is 0 Å². The molecule has 4 unspecified atom stereocenters. The van der Waals surface area contributed by atoms with E-state index in [0.29, 0.717) is 5.92 Å². The topological polar surface area (TPSA) is 40.9 Å². The molecule has 0 spiro atoms. The Morgan fingerprint density at radius 1 is 1.29 bits per heavy atom. The molecular formula is C14H25NOS. The predicted octanol–water partition coefficient (Wildman–Crippen LogP) is 3.50. The molecule has 0 aromatic carbocycles. The fraction of sp³-hybridized carbons (Fsp3) is 0.929. The van der Waals surface area contributed by atoms with Crippen LogP contribution in [0.2, 0.25) is 0 Å². The second-order valence-corrected chi connectivity index (χ2v) is 8.73. The average molecular weight is 255 g/mol. The van der Waals surface area contributed by atoms with Crippen molar-refractivity contribution < 1.29 is 4.21 Å². The van der Waals surface area contributed by atoms with E-state index in [9.17, 15) is 9.47 Å². The predicted molar refractivity (Wildman–Crippen MR) is 73.0 cm³/mol. The molecule has 2 nitrogen and oxygen atoms in total. The molecule has 4 atom stereocenters. The highest BCUT2D eigenvalue weighted by Gasteiger charge is 2.39. The van der Waals surface area contributed by atoms with E-state index in [4.69, 9.17) is 0 Å². The van der Waals surface area contributed by atoms with Gasteiger partial charge in [-0.2, -0.15) is 5.26 Å². The van der Waals surface area contributed by atoms with Gasteiger partial charge >= 0.3 is 0 Å². The zero-order valence-corrected chi connectivity index (χ0v) is 12.5. The molecule has 0 radical (unpaired) electrons. The first-order valence-corrected chi connectivity index (χ1v) is 7.84. The van der Waals surface area contributed by atoms with Crippen molar-refractivity contribution in [3.63, 3.8) is 0 Å². The minimum atomic E-state index is -0.866. The number of nitrogens with zero attached hydrogens (tertiary/aromatic N) is 1. The van der Waals surface area contributed by atoms with Crippen LogP contribution in [-0.4, -0.2) is 14.7 Å². The Morgan fingerprint density at radius 3 is 2.29 bits per heavy atom. The normalized spacial score (nSPS) is 32.2. The minimum absolute atomic E-state index is 0.00293. The van der Waals surface area contributed by atoms with Gasteiger partial charge in [-0.25, -0.2) is 0 Å². The fourth-order valence-electron chi connectivity index (χ4n) is 2.67. The van der Waals surface area contributed by atoms with Gasteiger partial charge in [0.05, 0.1) is 17.2 Å². The molecule has 1 aliphatic rings. The largest absolute Gasteiger partial charge is 0.259 e. The standard InChI is InChI=1S/C14H25NOS/c1-10(2)17(16)13-8-12(14(3,4)5)7-6-11(13)9-15/h10-13H,6-8H2,1-5H3. The van der Waals surface area contributed by atoms with Gasteiger partial charge in [0.1, 0.15) is 0 Å². The molecule has 0 saturated heterocycles. The number of hydrogen-bond acceptors (Lipinski definition) is 2. The quantitative estimate of drug-likeness (QED) is 0.757. The van der Waals surface area contributed by atoms with Crippen molar-refractivity contribution in [2.24, 2.45) is 17.3 Å². The summed E-state index contributed by atoms with van der Waals surface area (Å²) < 4.78 is 12.3. The monoisotopic (exact) mass is 255 g/mol. The van der Waals surface area contributed by atoms with Crippen LogP contribution < -0.4 is 0 Å². The summed E-state index contributed by atoms with van der Waals surface area (Å²) in [6.45, 7) is 10.7. The molecule has 0 heterocycles. The lowest BCUT2D eigenvalue weighted by Crippen LogP contribution is -2.39. The van der Waals surface area contributed by atoms with Gasteiger partial charge in [0.2, 0.25) is 0 Å². The zero-order valence-electron chi connectivity index (χ0n) is 11.7. The fourth-order valence-corrected chi connectivity index (χ4v) is 4.31. The van der Waals surface area contributed by atoms with E-state index in [1.807, 2.05) is 13.8 Å². The SMILES string of the molecule is CC(C)S(=O)C1CC(C(C)(C)C)CCC1C#N. The first kappa shape index (κ1) is 14.7. The van der Waals surface area contributed by atoms with Crippen molar-refractivity contribution in [1.29, 1.82) is 5.26 Å². The maximum Gasteiger partial charge on any atom is 0.0668 e. The third-order valence-electron chi connectivity index (χ3n) is 3.95. The van der Waals surface area contributed by atoms with Crippen LogP contribution in [0.15, 0.2) is 0 Å². The van der Waals surface area contributed by atoms with Crippen molar-refractivity contribution in [2.75, 3.05) is 0 Å². The Labute approximate surface area is 108 Å². The molecule has 0 bridgehead atoms. The molecule has 0 N–H and O–H groups in total. The number of rotatable bonds is 2. The Balaban J connectivity index is 2.83. The third kappa shape index (κ3) is 3.55. The molecule has 1 rings (SSSR count). The molecule has 0 aliphatic heterocycles. The van der Waals surface area contributed by atoms with Crippen LogP contribution in [0.25, 0.3) is 0 Å². The van der Waals surface area contributed by atoms with E-state index in [1.54, 1.807) is 0 Å². The highest BCUT2D eigenvalue weighted by Crippen LogP contribution is 2.41. The van der Waals surface area contributed by atoms with Crippen molar-refractivity contribution in [2.45, 2.75) is 64.4 Å². The summed E-state index contributed by atoms with van der Waals surface area (Å²) in [5.74, 6) is 0.594. The van der Waals surface area contributed by atoms with Crippen molar-refractivity contribution in [1.82, 2.24) is 0 Å². The Hall–Kier alpha value is -0.360. The van der Waals surface area contributed by atoms with Gasteiger partial charge < -0.3 is 0 Å². The van der Waals surface area contributed by atoms with Crippen LogP contribution in [0.3, 0.4) is 0 Å². The molecule has 98 valence electrons. The van der Waals surface area contributed by atoms with Gasteiger partial charge in [-0.3, -0.25) is 4.21 Å². The summed E-state index contributed by atoms with van der Waals surface area (Å²) in [5.41, 5.74) is 0.264. The summed E-state index contributed by atoms with van der Waals surface area (Å²) >= 11 is 0. The molecule has 0 amide bonds. The van der Waals surface area contributed by atoms with Gasteiger partial charge in [0, 0.05) is 16.0 Å². The maximum atomic E-state index is 12.3. The maximum absolute atomic E-state index is 12.3. The van der Waals surface area contributed by atoms with Crippen LogP contribution in [0.5, 0.6) is 0 Å². The summed E-state index contributed by atoms with van der Waals surface area (Å²) in [4.78, 5) is 0. The van der Waals surface area contributed by atoms with Crippen molar-refractivity contribution in [3.05, 3.63) is 0 Å². The summed E-state index contributed by atoms with van der Waals surface area (Å²) in [6, 6.07) is 2.37. The first-order chi connectivity index (χ1) is 7.77. The third-order valence-corrected chi connectivity index (χ3v) is 5.99. The Morgan fingerprint density at radius 2 is 1.88 bits per heavy atom. The first-order valence-electron chi connectivity index (χ1n) is 6.56. The zero-order chi connectivity index (χ0) is 13.2. The van der Waals surface area contributed by atoms with Gasteiger partial charge in [0.15, 0.2) is 0 Å². The molecule has 0 aromatic rings.